The first-order valence-corrected chi connectivity index (χ1v) is 5.48. The first kappa shape index (κ1) is 11.0. The molecule has 1 saturated carbocycles. The van der Waals surface area contributed by atoms with Gasteiger partial charge in [0.05, 0.1) is 5.92 Å². The van der Waals surface area contributed by atoms with Crippen LogP contribution in [0, 0.1) is 5.92 Å². The number of hydrogen-bond donors (Lipinski definition) is 1. The van der Waals surface area contributed by atoms with Crippen molar-refractivity contribution >= 4 is 5.97 Å². The molecular weight excluding hydrogens is 208 g/mol. The maximum atomic E-state index is 11.0. The second-order valence-electron chi connectivity index (χ2n) is 4.82. The summed E-state index contributed by atoms with van der Waals surface area (Å²) in [5, 5.41) is 20.5. The molecular formula is C10H16N4O2. The van der Waals surface area contributed by atoms with Gasteiger partial charge in [-0.05, 0) is 29.7 Å². The molecule has 1 aliphatic carbocycles. The molecule has 0 radical (unpaired) electrons. The van der Waals surface area contributed by atoms with Crippen molar-refractivity contribution in [3.05, 3.63) is 5.82 Å². The van der Waals surface area contributed by atoms with Gasteiger partial charge in [0.1, 0.15) is 0 Å². The number of nitrogens with zero attached hydrogens (tertiary/aromatic N) is 4. The standard InChI is InChI=1S/C10H16N4O2/c1-10(9-11-12-13-14(9)2)5-3-4-7(6-10)8(15)16/h7H,3-6H2,1-2H3,(H,15,16). The number of aryl methyl sites for hydroxylation is 1. The largest absolute Gasteiger partial charge is 0.481 e. The molecule has 0 bridgehead atoms. The Hall–Kier alpha value is -1.46. The normalized spacial score (nSPS) is 30.2. The van der Waals surface area contributed by atoms with Gasteiger partial charge in [-0.25, -0.2) is 4.68 Å². The summed E-state index contributed by atoms with van der Waals surface area (Å²) in [4.78, 5) is 11.0. The monoisotopic (exact) mass is 224 g/mol. The van der Waals surface area contributed by atoms with Gasteiger partial charge in [-0.2, -0.15) is 0 Å². The lowest BCUT2D eigenvalue weighted by molar-refractivity contribution is -0.143. The molecule has 1 aliphatic rings. The maximum absolute atomic E-state index is 11.0. The number of hydrogen-bond acceptors (Lipinski definition) is 4. The molecule has 16 heavy (non-hydrogen) atoms. The van der Waals surface area contributed by atoms with E-state index < -0.39 is 5.97 Å². The third-order valence-corrected chi connectivity index (χ3v) is 3.49. The van der Waals surface area contributed by atoms with Crippen molar-refractivity contribution in [1.29, 1.82) is 0 Å². The molecule has 0 aromatic carbocycles. The molecule has 1 heterocycles. The predicted molar refractivity (Wildman–Crippen MR) is 55.7 cm³/mol. The summed E-state index contributed by atoms with van der Waals surface area (Å²) < 4.78 is 1.64. The number of carboxylic acid groups (broad SMARTS) is 1. The number of aliphatic carboxylic acids is 1. The van der Waals surface area contributed by atoms with Crippen molar-refractivity contribution < 1.29 is 9.90 Å². The van der Waals surface area contributed by atoms with E-state index in [1.165, 1.54) is 0 Å². The Kier molecular flexibility index (Phi) is 2.65. The average Bonchev–Trinajstić information content (AvgIpc) is 2.65. The van der Waals surface area contributed by atoms with Crippen molar-refractivity contribution in [2.24, 2.45) is 13.0 Å². The van der Waals surface area contributed by atoms with Crippen LogP contribution in [0.2, 0.25) is 0 Å². The van der Waals surface area contributed by atoms with E-state index in [9.17, 15) is 4.79 Å². The number of aromatic nitrogens is 4. The number of tetrazole rings is 1. The van der Waals surface area contributed by atoms with Crippen LogP contribution in [-0.4, -0.2) is 31.3 Å². The Bertz CT molecular complexity index is 403. The Balaban J connectivity index is 2.25. The van der Waals surface area contributed by atoms with E-state index in [1.807, 2.05) is 6.92 Å². The lowest BCUT2D eigenvalue weighted by atomic mass is 9.70. The first-order chi connectivity index (χ1) is 7.53. The van der Waals surface area contributed by atoms with Crippen molar-refractivity contribution in [3.63, 3.8) is 0 Å². The fraction of sp³-hybridized carbons (Fsp3) is 0.800. The fourth-order valence-electron chi connectivity index (χ4n) is 2.64. The summed E-state index contributed by atoms with van der Waals surface area (Å²) in [6, 6.07) is 0. The first-order valence-electron chi connectivity index (χ1n) is 5.48. The number of carboxylic acids is 1. The van der Waals surface area contributed by atoms with Gasteiger partial charge in [0.25, 0.3) is 0 Å². The van der Waals surface area contributed by atoms with Gasteiger partial charge in [-0.3, -0.25) is 4.79 Å². The van der Waals surface area contributed by atoms with Crippen LogP contribution in [0.25, 0.3) is 0 Å². The number of carbonyl (C=O) groups is 1. The van der Waals surface area contributed by atoms with Gasteiger partial charge in [0.15, 0.2) is 5.82 Å². The van der Waals surface area contributed by atoms with Crippen LogP contribution >= 0.6 is 0 Å². The Morgan fingerprint density at radius 2 is 2.38 bits per heavy atom. The molecule has 2 atom stereocenters. The molecule has 2 rings (SSSR count). The average molecular weight is 224 g/mol. The predicted octanol–water partition coefficient (Wildman–Crippen LogP) is 0.743. The van der Waals surface area contributed by atoms with Crippen LogP contribution in [0.3, 0.4) is 0 Å². The molecule has 88 valence electrons. The Morgan fingerprint density at radius 1 is 1.62 bits per heavy atom. The Labute approximate surface area is 93.6 Å². The van der Waals surface area contributed by atoms with E-state index in [0.717, 1.165) is 25.1 Å². The maximum Gasteiger partial charge on any atom is 0.306 e. The third-order valence-electron chi connectivity index (χ3n) is 3.49. The van der Waals surface area contributed by atoms with Crippen LogP contribution in [0.5, 0.6) is 0 Å². The lowest BCUT2D eigenvalue weighted by Gasteiger charge is -2.34. The van der Waals surface area contributed by atoms with Crippen molar-refractivity contribution in [3.8, 4) is 0 Å². The van der Waals surface area contributed by atoms with Gasteiger partial charge >= 0.3 is 5.97 Å². The molecule has 6 heteroatoms. The molecule has 2 unspecified atom stereocenters. The van der Waals surface area contributed by atoms with E-state index in [-0.39, 0.29) is 11.3 Å². The van der Waals surface area contributed by atoms with Crippen molar-refractivity contribution in [2.45, 2.75) is 38.0 Å². The molecule has 6 nitrogen and oxygen atoms in total. The summed E-state index contributed by atoms with van der Waals surface area (Å²) in [5.41, 5.74) is -0.209. The lowest BCUT2D eigenvalue weighted by Crippen LogP contribution is -2.35. The summed E-state index contributed by atoms with van der Waals surface area (Å²) >= 11 is 0. The molecule has 1 aromatic rings. The van der Waals surface area contributed by atoms with Crippen LogP contribution in [0.1, 0.15) is 38.4 Å². The number of rotatable bonds is 2. The van der Waals surface area contributed by atoms with E-state index in [4.69, 9.17) is 5.11 Å². The molecule has 1 N–H and O–H groups in total. The molecule has 1 aromatic heterocycles. The quantitative estimate of drug-likeness (QED) is 0.801. The highest BCUT2D eigenvalue weighted by molar-refractivity contribution is 5.70. The van der Waals surface area contributed by atoms with Crippen LogP contribution < -0.4 is 0 Å². The molecule has 0 saturated heterocycles. The molecule has 0 amide bonds. The highest BCUT2D eigenvalue weighted by Gasteiger charge is 2.39. The van der Waals surface area contributed by atoms with Crippen LogP contribution in [-0.2, 0) is 17.3 Å². The molecule has 0 aliphatic heterocycles. The smallest absolute Gasteiger partial charge is 0.306 e. The van der Waals surface area contributed by atoms with Crippen LogP contribution in [0.15, 0.2) is 0 Å². The highest BCUT2D eigenvalue weighted by Crippen LogP contribution is 2.40. The Morgan fingerprint density at radius 3 is 2.94 bits per heavy atom. The summed E-state index contributed by atoms with van der Waals surface area (Å²) in [7, 11) is 1.80. The second-order valence-corrected chi connectivity index (χ2v) is 4.82. The van der Waals surface area contributed by atoms with Gasteiger partial charge in [-0.15, -0.1) is 5.10 Å². The van der Waals surface area contributed by atoms with Gasteiger partial charge in [0.2, 0.25) is 0 Å². The van der Waals surface area contributed by atoms with Gasteiger partial charge < -0.3 is 5.11 Å². The fourth-order valence-corrected chi connectivity index (χ4v) is 2.64. The minimum Gasteiger partial charge on any atom is -0.481 e. The molecule has 1 fully saturated rings. The topological polar surface area (TPSA) is 80.9 Å². The minimum atomic E-state index is -0.707. The van der Waals surface area contributed by atoms with Gasteiger partial charge in [0, 0.05) is 12.5 Å². The zero-order valence-corrected chi connectivity index (χ0v) is 9.55. The SMILES string of the molecule is Cn1nnnc1C1(C)CCCC(C(=O)O)C1. The summed E-state index contributed by atoms with van der Waals surface area (Å²) in [5.74, 6) is -0.185. The van der Waals surface area contributed by atoms with E-state index in [1.54, 1.807) is 11.7 Å². The van der Waals surface area contributed by atoms with Gasteiger partial charge in [-0.1, -0.05) is 13.3 Å². The second kappa shape index (κ2) is 3.84. The minimum absolute atomic E-state index is 0.209. The van der Waals surface area contributed by atoms with E-state index in [0.29, 0.717) is 6.42 Å². The summed E-state index contributed by atoms with van der Waals surface area (Å²) in [6.45, 7) is 2.05. The van der Waals surface area contributed by atoms with Crippen LogP contribution in [0.4, 0.5) is 0 Å². The molecule has 0 spiro atoms. The van der Waals surface area contributed by atoms with E-state index in [2.05, 4.69) is 15.5 Å². The zero-order valence-electron chi connectivity index (χ0n) is 9.55. The summed E-state index contributed by atoms with van der Waals surface area (Å²) in [6.07, 6.45) is 3.25. The van der Waals surface area contributed by atoms with E-state index >= 15 is 0 Å². The third kappa shape index (κ3) is 1.79. The highest BCUT2D eigenvalue weighted by atomic mass is 16.4. The zero-order chi connectivity index (χ0) is 11.8. The van der Waals surface area contributed by atoms with Crippen molar-refractivity contribution in [1.82, 2.24) is 20.2 Å². The van der Waals surface area contributed by atoms with Crippen molar-refractivity contribution in [2.75, 3.05) is 0 Å².